The molecule has 2 unspecified atom stereocenters. The number of thiophene rings is 1. The molecule has 4 heteroatoms. The molecular weight excluding hydrogens is 249 g/mol. The first-order valence-electron chi connectivity index (χ1n) is 5.36. The first-order chi connectivity index (χ1) is 7.27. The Balaban J connectivity index is 1.84. The van der Waals surface area contributed by atoms with Gasteiger partial charge in [-0.1, -0.05) is 24.4 Å². The molecule has 1 fully saturated rings. The fourth-order valence-electron chi connectivity index (χ4n) is 1.99. The highest BCUT2D eigenvalue weighted by atomic mass is 35.5. The summed E-state index contributed by atoms with van der Waals surface area (Å²) < 4.78 is 0. The van der Waals surface area contributed by atoms with Crippen molar-refractivity contribution < 1.29 is 0 Å². The van der Waals surface area contributed by atoms with E-state index < -0.39 is 0 Å². The van der Waals surface area contributed by atoms with E-state index in [0.717, 1.165) is 18.0 Å². The number of hydrogen-bond acceptors (Lipinski definition) is 2. The van der Waals surface area contributed by atoms with Gasteiger partial charge in [-0.25, -0.2) is 0 Å². The van der Waals surface area contributed by atoms with Crippen LogP contribution in [0.2, 0.25) is 5.02 Å². The molecule has 0 aliphatic heterocycles. The third kappa shape index (κ3) is 3.10. The predicted molar refractivity (Wildman–Crippen MR) is 68.1 cm³/mol. The zero-order valence-corrected chi connectivity index (χ0v) is 10.8. The molecule has 0 amide bonds. The SMILES string of the molecule is Clc1ccsc1CNC1CCCCC1Cl. The minimum atomic E-state index is 0.289. The highest BCUT2D eigenvalue weighted by Gasteiger charge is 2.22. The Labute approximate surface area is 105 Å². The van der Waals surface area contributed by atoms with Gasteiger partial charge >= 0.3 is 0 Å². The van der Waals surface area contributed by atoms with Crippen LogP contribution in [0.3, 0.4) is 0 Å². The Morgan fingerprint density at radius 2 is 2.20 bits per heavy atom. The highest BCUT2D eigenvalue weighted by molar-refractivity contribution is 7.10. The van der Waals surface area contributed by atoms with Crippen LogP contribution in [0, 0.1) is 0 Å². The van der Waals surface area contributed by atoms with Gasteiger partial charge in [0.05, 0.1) is 5.02 Å². The van der Waals surface area contributed by atoms with E-state index >= 15 is 0 Å². The van der Waals surface area contributed by atoms with E-state index in [-0.39, 0.29) is 5.38 Å². The molecule has 1 saturated carbocycles. The van der Waals surface area contributed by atoms with Crippen molar-refractivity contribution in [2.45, 2.75) is 43.6 Å². The van der Waals surface area contributed by atoms with Gasteiger partial charge in [-0.15, -0.1) is 22.9 Å². The normalized spacial score (nSPS) is 26.8. The average Bonchev–Trinajstić information content (AvgIpc) is 2.63. The van der Waals surface area contributed by atoms with E-state index in [9.17, 15) is 0 Å². The largest absolute Gasteiger partial charge is 0.308 e. The van der Waals surface area contributed by atoms with E-state index in [1.807, 2.05) is 11.4 Å². The van der Waals surface area contributed by atoms with E-state index in [0.29, 0.717) is 6.04 Å². The van der Waals surface area contributed by atoms with Gasteiger partial charge in [0.25, 0.3) is 0 Å². The fraction of sp³-hybridized carbons (Fsp3) is 0.636. The summed E-state index contributed by atoms with van der Waals surface area (Å²) in [5.74, 6) is 0. The summed E-state index contributed by atoms with van der Waals surface area (Å²) in [4.78, 5) is 1.21. The molecule has 0 spiro atoms. The molecule has 1 aromatic rings. The van der Waals surface area contributed by atoms with Gasteiger partial charge in [0.2, 0.25) is 0 Å². The van der Waals surface area contributed by atoms with Crippen LogP contribution in [0.1, 0.15) is 30.6 Å². The molecule has 1 heterocycles. The summed E-state index contributed by atoms with van der Waals surface area (Å²) in [5.41, 5.74) is 0. The third-order valence-electron chi connectivity index (χ3n) is 2.90. The predicted octanol–water partition coefficient (Wildman–Crippen LogP) is 4.04. The summed E-state index contributed by atoms with van der Waals surface area (Å²) in [6, 6.07) is 2.40. The van der Waals surface area contributed by atoms with Crippen molar-refractivity contribution in [3.05, 3.63) is 21.3 Å². The molecular formula is C11H15Cl2NS. The van der Waals surface area contributed by atoms with Crippen molar-refractivity contribution >= 4 is 34.5 Å². The van der Waals surface area contributed by atoms with Crippen LogP contribution in [0.4, 0.5) is 0 Å². The topological polar surface area (TPSA) is 12.0 Å². The van der Waals surface area contributed by atoms with Crippen LogP contribution in [0.15, 0.2) is 11.4 Å². The van der Waals surface area contributed by atoms with Gasteiger partial charge in [-0.3, -0.25) is 0 Å². The zero-order chi connectivity index (χ0) is 10.7. The zero-order valence-electron chi connectivity index (χ0n) is 8.51. The molecule has 0 aromatic carbocycles. The lowest BCUT2D eigenvalue weighted by molar-refractivity contribution is 0.379. The maximum atomic E-state index is 6.27. The van der Waals surface area contributed by atoms with Crippen molar-refractivity contribution in [2.75, 3.05) is 0 Å². The molecule has 0 bridgehead atoms. The smallest absolute Gasteiger partial charge is 0.0558 e. The minimum Gasteiger partial charge on any atom is -0.308 e. The van der Waals surface area contributed by atoms with Crippen LogP contribution in [0.5, 0.6) is 0 Å². The second-order valence-electron chi connectivity index (χ2n) is 3.98. The Hall–Kier alpha value is 0.240. The van der Waals surface area contributed by atoms with E-state index in [1.54, 1.807) is 11.3 Å². The molecule has 1 aliphatic rings. The summed E-state index contributed by atoms with van der Waals surface area (Å²) in [7, 11) is 0. The van der Waals surface area contributed by atoms with Crippen LogP contribution in [-0.2, 0) is 6.54 Å². The lowest BCUT2D eigenvalue weighted by atomic mass is 9.95. The monoisotopic (exact) mass is 263 g/mol. The van der Waals surface area contributed by atoms with Crippen molar-refractivity contribution in [1.29, 1.82) is 0 Å². The van der Waals surface area contributed by atoms with E-state index in [4.69, 9.17) is 23.2 Å². The van der Waals surface area contributed by atoms with Gasteiger partial charge < -0.3 is 5.32 Å². The number of alkyl halides is 1. The quantitative estimate of drug-likeness (QED) is 0.812. The summed E-state index contributed by atoms with van der Waals surface area (Å²) in [6.45, 7) is 0.852. The first-order valence-corrected chi connectivity index (χ1v) is 7.06. The second kappa shape index (κ2) is 5.53. The molecule has 1 aliphatic carbocycles. The van der Waals surface area contributed by atoms with Crippen LogP contribution in [-0.4, -0.2) is 11.4 Å². The Morgan fingerprint density at radius 1 is 1.40 bits per heavy atom. The van der Waals surface area contributed by atoms with E-state index in [1.165, 1.54) is 24.1 Å². The van der Waals surface area contributed by atoms with E-state index in [2.05, 4.69) is 5.32 Å². The van der Waals surface area contributed by atoms with Crippen LogP contribution >= 0.6 is 34.5 Å². The molecule has 1 aromatic heterocycles. The van der Waals surface area contributed by atoms with Gasteiger partial charge in [-0.2, -0.15) is 0 Å². The van der Waals surface area contributed by atoms with Gasteiger partial charge in [0.15, 0.2) is 0 Å². The Kier molecular flexibility index (Phi) is 4.32. The van der Waals surface area contributed by atoms with Gasteiger partial charge in [0, 0.05) is 22.8 Å². The lowest BCUT2D eigenvalue weighted by Gasteiger charge is -2.27. The molecule has 1 N–H and O–H groups in total. The standard InChI is InChI=1S/C11H15Cl2NS/c12-8-3-1-2-4-10(8)14-7-11-9(13)5-6-15-11/h5-6,8,10,14H,1-4,7H2. The van der Waals surface area contributed by atoms with Crippen LogP contribution < -0.4 is 5.32 Å². The third-order valence-corrected chi connectivity index (χ3v) is 4.81. The fourth-order valence-corrected chi connectivity index (χ4v) is 3.41. The van der Waals surface area contributed by atoms with Gasteiger partial charge in [-0.05, 0) is 24.3 Å². The highest BCUT2D eigenvalue weighted by Crippen LogP contribution is 2.25. The van der Waals surface area contributed by atoms with Crippen molar-refractivity contribution in [3.63, 3.8) is 0 Å². The summed E-state index contributed by atoms with van der Waals surface area (Å²) in [6.07, 6.45) is 4.89. The summed E-state index contributed by atoms with van der Waals surface area (Å²) >= 11 is 14.0. The molecule has 2 rings (SSSR count). The maximum Gasteiger partial charge on any atom is 0.0558 e. The number of hydrogen-bond donors (Lipinski definition) is 1. The first kappa shape index (κ1) is 11.7. The molecule has 0 saturated heterocycles. The molecule has 84 valence electrons. The molecule has 2 atom stereocenters. The summed E-state index contributed by atoms with van der Waals surface area (Å²) in [5, 5.41) is 6.69. The van der Waals surface area contributed by atoms with Gasteiger partial charge in [0.1, 0.15) is 0 Å². The number of halogens is 2. The lowest BCUT2D eigenvalue weighted by Crippen LogP contribution is -2.38. The van der Waals surface area contributed by atoms with Crippen LogP contribution in [0.25, 0.3) is 0 Å². The van der Waals surface area contributed by atoms with Crippen molar-refractivity contribution in [1.82, 2.24) is 5.32 Å². The Morgan fingerprint density at radius 3 is 2.87 bits per heavy atom. The molecule has 0 radical (unpaired) electrons. The average molecular weight is 264 g/mol. The number of nitrogens with one attached hydrogen (secondary N) is 1. The molecule has 1 nitrogen and oxygen atoms in total. The maximum absolute atomic E-state index is 6.27. The van der Waals surface area contributed by atoms with Crippen molar-refractivity contribution in [2.24, 2.45) is 0 Å². The Bertz CT molecular complexity index is 313. The minimum absolute atomic E-state index is 0.289. The number of rotatable bonds is 3. The second-order valence-corrected chi connectivity index (χ2v) is 5.95. The molecule has 15 heavy (non-hydrogen) atoms. The van der Waals surface area contributed by atoms with Crippen molar-refractivity contribution in [3.8, 4) is 0 Å².